The van der Waals surface area contributed by atoms with Crippen LogP contribution >= 0.6 is 0 Å². The molecule has 0 amide bonds. The predicted molar refractivity (Wildman–Crippen MR) is 52.4 cm³/mol. The third kappa shape index (κ3) is 1.90. The fourth-order valence-electron chi connectivity index (χ4n) is 1.29. The molecule has 1 aromatic carbocycles. The first kappa shape index (κ1) is 7.92. The van der Waals surface area contributed by atoms with Gasteiger partial charge in [-0.3, -0.25) is 0 Å². The molecule has 0 saturated carbocycles. The van der Waals surface area contributed by atoms with Gasteiger partial charge in [0, 0.05) is 12.5 Å². The molecular formula is C11H11NO. The quantitative estimate of drug-likeness (QED) is 0.757. The largest absolute Gasteiger partial charge is 0.446 e. The van der Waals surface area contributed by atoms with E-state index in [0.29, 0.717) is 5.88 Å². The van der Waals surface area contributed by atoms with E-state index in [1.807, 2.05) is 24.3 Å². The van der Waals surface area contributed by atoms with E-state index in [0.717, 1.165) is 12.2 Å². The van der Waals surface area contributed by atoms with Gasteiger partial charge in [0.1, 0.15) is 5.76 Å². The second-order valence-corrected chi connectivity index (χ2v) is 2.97. The van der Waals surface area contributed by atoms with E-state index < -0.39 is 0 Å². The maximum absolute atomic E-state index is 5.47. The number of nitrogens with two attached hydrogens (primary N) is 1. The Bertz CT molecular complexity index is 378. The molecule has 0 spiro atoms. The fraction of sp³-hybridized carbons (Fsp3) is 0.0909. The van der Waals surface area contributed by atoms with Crippen LogP contribution in [-0.2, 0) is 6.42 Å². The summed E-state index contributed by atoms with van der Waals surface area (Å²) in [5, 5.41) is 0. The molecular weight excluding hydrogens is 162 g/mol. The first-order chi connectivity index (χ1) is 6.34. The maximum atomic E-state index is 5.47. The first-order valence-corrected chi connectivity index (χ1v) is 4.23. The van der Waals surface area contributed by atoms with Crippen molar-refractivity contribution in [3.63, 3.8) is 0 Å². The minimum absolute atomic E-state index is 0.478. The zero-order valence-corrected chi connectivity index (χ0v) is 7.23. The van der Waals surface area contributed by atoms with Crippen LogP contribution in [0.3, 0.4) is 0 Å². The van der Waals surface area contributed by atoms with Crippen LogP contribution in [-0.4, -0.2) is 0 Å². The Morgan fingerprint density at radius 3 is 2.38 bits per heavy atom. The molecule has 0 unspecified atom stereocenters. The van der Waals surface area contributed by atoms with Gasteiger partial charge in [-0.1, -0.05) is 30.3 Å². The molecule has 66 valence electrons. The van der Waals surface area contributed by atoms with Gasteiger partial charge in [-0.25, -0.2) is 0 Å². The number of benzene rings is 1. The summed E-state index contributed by atoms with van der Waals surface area (Å²) in [5.74, 6) is 1.38. The second-order valence-electron chi connectivity index (χ2n) is 2.97. The third-order valence-electron chi connectivity index (χ3n) is 1.90. The second kappa shape index (κ2) is 3.35. The van der Waals surface area contributed by atoms with E-state index in [1.54, 1.807) is 6.07 Å². The summed E-state index contributed by atoms with van der Waals surface area (Å²) < 4.78 is 5.27. The molecule has 2 N–H and O–H groups in total. The van der Waals surface area contributed by atoms with Crippen molar-refractivity contribution < 1.29 is 4.42 Å². The highest BCUT2D eigenvalue weighted by molar-refractivity contribution is 5.28. The van der Waals surface area contributed by atoms with Crippen LogP contribution in [0.2, 0.25) is 0 Å². The highest BCUT2D eigenvalue weighted by atomic mass is 16.3. The molecule has 13 heavy (non-hydrogen) atoms. The molecule has 0 aliphatic rings. The van der Waals surface area contributed by atoms with Gasteiger partial charge in [-0.15, -0.1) is 0 Å². The molecule has 0 saturated heterocycles. The summed E-state index contributed by atoms with van der Waals surface area (Å²) in [6.07, 6.45) is 0.804. The van der Waals surface area contributed by atoms with Crippen LogP contribution in [0.4, 0.5) is 5.88 Å². The number of furan rings is 1. The Morgan fingerprint density at radius 2 is 1.77 bits per heavy atom. The molecule has 0 atom stereocenters. The molecule has 0 aliphatic carbocycles. The number of nitrogen functional groups attached to an aromatic ring is 1. The van der Waals surface area contributed by atoms with Crippen LogP contribution in [0.25, 0.3) is 0 Å². The first-order valence-electron chi connectivity index (χ1n) is 4.23. The van der Waals surface area contributed by atoms with Crippen LogP contribution in [0.1, 0.15) is 11.3 Å². The summed E-state index contributed by atoms with van der Waals surface area (Å²) >= 11 is 0. The molecule has 0 aliphatic heterocycles. The van der Waals surface area contributed by atoms with Crippen molar-refractivity contribution in [3.8, 4) is 0 Å². The van der Waals surface area contributed by atoms with Crippen molar-refractivity contribution in [2.24, 2.45) is 0 Å². The van der Waals surface area contributed by atoms with Crippen LogP contribution in [0.5, 0.6) is 0 Å². The topological polar surface area (TPSA) is 39.2 Å². The van der Waals surface area contributed by atoms with Crippen molar-refractivity contribution in [1.29, 1.82) is 0 Å². The smallest absolute Gasteiger partial charge is 0.190 e. The van der Waals surface area contributed by atoms with Crippen LogP contribution in [0.15, 0.2) is 46.9 Å². The number of hydrogen-bond acceptors (Lipinski definition) is 2. The summed E-state index contributed by atoms with van der Waals surface area (Å²) in [5.41, 5.74) is 6.70. The Balaban J connectivity index is 2.15. The zero-order chi connectivity index (χ0) is 9.10. The van der Waals surface area contributed by atoms with Gasteiger partial charge in [-0.2, -0.15) is 0 Å². The van der Waals surface area contributed by atoms with Crippen molar-refractivity contribution in [2.75, 3.05) is 5.73 Å². The molecule has 0 radical (unpaired) electrons. The van der Waals surface area contributed by atoms with E-state index in [4.69, 9.17) is 10.2 Å². The average Bonchev–Trinajstić information content (AvgIpc) is 2.53. The van der Waals surface area contributed by atoms with E-state index in [9.17, 15) is 0 Å². The maximum Gasteiger partial charge on any atom is 0.190 e. The molecule has 2 heteroatoms. The van der Waals surface area contributed by atoms with E-state index in [1.165, 1.54) is 5.56 Å². The van der Waals surface area contributed by atoms with Gasteiger partial charge in [0.25, 0.3) is 0 Å². The molecule has 2 aromatic rings. The van der Waals surface area contributed by atoms with Gasteiger partial charge >= 0.3 is 0 Å². The van der Waals surface area contributed by atoms with Gasteiger partial charge < -0.3 is 10.2 Å². The van der Waals surface area contributed by atoms with E-state index >= 15 is 0 Å². The van der Waals surface area contributed by atoms with E-state index in [-0.39, 0.29) is 0 Å². The van der Waals surface area contributed by atoms with E-state index in [2.05, 4.69) is 12.1 Å². The van der Waals surface area contributed by atoms with Crippen molar-refractivity contribution in [2.45, 2.75) is 6.42 Å². The Labute approximate surface area is 77.0 Å². The monoisotopic (exact) mass is 173 g/mol. The Hall–Kier alpha value is -1.70. The lowest BCUT2D eigenvalue weighted by Gasteiger charge is -1.96. The van der Waals surface area contributed by atoms with Crippen molar-refractivity contribution >= 4 is 5.88 Å². The molecule has 2 nitrogen and oxygen atoms in total. The Kier molecular flexibility index (Phi) is 2.04. The lowest BCUT2D eigenvalue weighted by molar-refractivity contribution is 0.539. The highest BCUT2D eigenvalue weighted by Gasteiger charge is 1.99. The summed E-state index contributed by atoms with van der Waals surface area (Å²) in [4.78, 5) is 0. The third-order valence-corrected chi connectivity index (χ3v) is 1.90. The number of anilines is 1. The van der Waals surface area contributed by atoms with Gasteiger partial charge in [0.05, 0.1) is 0 Å². The van der Waals surface area contributed by atoms with Crippen molar-refractivity contribution in [1.82, 2.24) is 0 Å². The van der Waals surface area contributed by atoms with Crippen molar-refractivity contribution in [3.05, 3.63) is 53.8 Å². The molecule has 2 rings (SSSR count). The average molecular weight is 173 g/mol. The molecule has 1 heterocycles. The molecule has 1 aromatic heterocycles. The summed E-state index contributed by atoms with van der Waals surface area (Å²) in [6.45, 7) is 0. The summed E-state index contributed by atoms with van der Waals surface area (Å²) in [7, 11) is 0. The standard InChI is InChI=1S/C11H11NO/c12-11-7-6-10(13-11)8-9-4-2-1-3-5-9/h1-7H,8,12H2. The van der Waals surface area contributed by atoms with Crippen LogP contribution < -0.4 is 5.73 Å². The number of rotatable bonds is 2. The van der Waals surface area contributed by atoms with Gasteiger partial charge in [-0.05, 0) is 11.6 Å². The fourth-order valence-corrected chi connectivity index (χ4v) is 1.29. The zero-order valence-electron chi connectivity index (χ0n) is 7.23. The Morgan fingerprint density at radius 1 is 1.00 bits per heavy atom. The SMILES string of the molecule is Nc1ccc(Cc2ccccc2)o1. The number of hydrogen-bond donors (Lipinski definition) is 1. The minimum Gasteiger partial charge on any atom is -0.446 e. The minimum atomic E-state index is 0.478. The normalized spacial score (nSPS) is 10.2. The predicted octanol–water partition coefficient (Wildman–Crippen LogP) is 2.45. The summed E-state index contributed by atoms with van der Waals surface area (Å²) in [6, 6.07) is 13.8. The molecule has 0 bridgehead atoms. The molecule has 0 fully saturated rings. The highest BCUT2D eigenvalue weighted by Crippen LogP contribution is 2.13. The lowest BCUT2D eigenvalue weighted by Crippen LogP contribution is -1.84. The van der Waals surface area contributed by atoms with Gasteiger partial charge in [0.15, 0.2) is 5.88 Å². The van der Waals surface area contributed by atoms with Gasteiger partial charge in [0.2, 0.25) is 0 Å². The lowest BCUT2D eigenvalue weighted by atomic mass is 10.1. The van der Waals surface area contributed by atoms with Crippen LogP contribution in [0, 0.1) is 0 Å².